The minimum absolute atomic E-state index is 0.0659. The molecule has 0 spiro atoms. The van der Waals surface area contributed by atoms with E-state index in [1.54, 1.807) is 12.3 Å². The molecule has 0 unspecified atom stereocenters. The van der Waals surface area contributed by atoms with Gasteiger partial charge in [-0.2, -0.15) is 0 Å². The highest BCUT2D eigenvalue weighted by molar-refractivity contribution is 6.30. The number of nitrogens with one attached hydrogen (secondary N) is 1. The number of hydrogen-bond acceptors (Lipinski definition) is 5. The van der Waals surface area contributed by atoms with Crippen molar-refractivity contribution in [3.63, 3.8) is 0 Å². The zero-order valence-electron chi connectivity index (χ0n) is 15.9. The summed E-state index contributed by atoms with van der Waals surface area (Å²) in [5.41, 5.74) is 4.65. The largest absolute Gasteiger partial charge is 0.353 e. The topological polar surface area (TPSA) is 58.1 Å². The van der Waals surface area contributed by atoms with Gasteiger partial charge < -0.3 is 10.2 Å². The van der Waals surface area contributed by atoms with Crippen LogP contribution in [0.4, 0.5) is 11.4 Å². The standard InChI is InChI=1S/C22H23ClN4O/c1-15(28)18-14-24-19-7-8-20(23)26-22(19)21(18)25-17-6-4-5-16(13-17)9-12-27-10-2-3-11-27/h4-8,13-14H,2-3,9-12H2,1H3,(H,24,25). The first-order valence-corrected chi connectivity index (χ1v) is 10.0. The number of carbonyl (C=O) groups is 1. The summed E-state index contributed by atoms with van der Waals surface area (Å²) in [5, 5.41) is 3.77. The molecular formula is C22H23ClN4O. The molecule has 1 saturated heterocycles. The molecule has 1 aromatic carbocycles. The second-order valence-electron chi connectivity index (χ2n) is 7.23. The van der Waals surface area contributed by atoms with E-state index < -0.39 is 0 Å². The number of benzene rings is 1. The van der Waals surface area contributed by atoms with Crippen LogP contribution in [-0.2, 0) is 6.42 Å². The number of rotatable bonds is 6. The van der Waals surface area contributed by atoms with Gasteiger partial charge in [0.05, 0.1) is 16.8 Å². The van der Waals surface area contributed by atoms with E-state index in [4.69, 9.17) is 11.6 Å². The molecule has 3 aromatic rings. The fourth-order valence-corrected chi connectivity index (χ4v) is 3.83. The van der Waals surface area contributed by atoms with Crippen LogP contribution >= 0.6 is 11.6 Å². The van der Waals surface area contributed by atoms with Crippen LogP contribution in [0.2, 0.25) is 5.15 Å². The van der Waals surface area contributed by atoms with Gasteiger partial charge in [-0.1, -0.05) is 23.7 Å². The van der Waals surface area contributed by atoms with Gasteiger partial charge in [-0.05, 0) is 69.1 Å². The molecule has 1 aliphatic heterocycles. The number of ketones is 1. The molecule has 6 heteroatoms. The zero-order valence-corrected chi connectivity index (χ0v) is 16.7. The fraction of sp³-hybridized carbons (Fsp3) is 0.318. The highest BCUT2D eigenvalue weighted by Gasteiger charge is 2.15. The van der Waals surface area contributed by atoms with Gasteiger partial charge in [0, 0.05) is 18.4 Å². The molecule has 1 aliphatic rings. The van der Waals surface area contributed by atoms with Crippen LogP contribution in [0, 0.1) is 0 Å². The molecule has 0 aliphatic carbocycles. The van der Waals surface area contributed by atoms with Crippen molar-refractivity contribution in [1.82, 2.24) is 14.9 Å². The molecule has 3 heterocycles. The maximum atomic E-state index is 12.2. The Balaban J connectivity index is 1.63. The lowest BCUT2D eigenvalue weighted by molar-refractivity contribution is 0.101. The maximum Gasteiger partial charge on any atom is 0.163 e. The van der Waals surface area contributed by atoms with E-state index in [1.165, 1.54) is 38.4 Å². The minimum atomic E-state index is -0.0659. The first-order chi connectivity index (χ1) is 13.6. The Morgan fingerprint density at radius 1 is 1.21 bits per heavy atom. The van der Waals surface area contributed by atoms with Crippen molar-refractivity contribution >= 4 is 39.8 Å². The molecule has 28 heavy (non-hydrogen) atoms. The lowest BCUT2D eigenvalue weighted by atomic mass is 10.1. The Morgan fingerprint density at radius 2 is 2.04 bits per heavy atom. The van der Waals surface area contributed by atoms with Gasteiger partial charge in [0.15, 0.2) is 5.78 Å². The van der Waals surface area contributed by atoms with Crippen LogP contribution in [0.25, 0.3) is 11.0 Å². The Bertz CT molecular complexity index is 1010. The highest BCUT2D eigenvalue weighted by Crippen LogP contribution is 2.29. The maximum absolute atomic E-state index is 12.2. The highest BCUT2D eigenvalue weighted by atomic mass is 35.5. The summed E-state index contributed by atoms with van der Waals surface area (Å²) in [6, 6.07) is 11.8. The molecule has 0 amide bonds. The summed E-state index contributed by atoms with van der Waals surface area (Å²) in [6.07, 6.45) is 5.22. The summed E-state index contributed by atoms with van der Waals surface area (Å²) in [6.45, 7) is 5.02. The minimum Gasteiger partial charge on any atom is -0.353 e. The molecule has 1 fully saturated rings. The van der Waals surface area contributed by atoms with Crippen LogP contribution in [-0.4, -0.2) is 40.3 Å². The number of nitrogens with zero attached hydrogens (tertiary/aromatic N) is 3. The SMILES string of the molecule is CC(=O)c1cnc2ccc(Cl)nc2c1Nc1cccc(CCN2CCCC2)c1. The van der Waals surface area contributed by atoms with Gasteiger partial charge in [-0.15, -0.1) is 0 Å². The van der Waals surface area contributed by atoms with Gasteiger partial charge in [0.1, 0.15) is 10.7 Å². The molecule has 0 bridgehead atoms. The average Bonchev–Trinajstić information content (AvgIpc) is 3.20. The van der Waals surface area contributed by atoms with E-state index in [1.807, 2.05) is 18.2 Å². The van der Waals surface area contributed by atoms with Gasteiger partial charge in [-0.3, -0.25) is 9.78 Å². The molecule has 5 nitrogen and oxygen atoms in total. The predicted molar refractivity (Wildman–Crippen MR) is 114 cm³/mol. The van der Waals surface area contributed by atoms with Crippen molar-refractivity contribution in [3.8, 4) is 0 Å². The fourth-order valence-electron chi connectivity index (χ4n) is 3.68. The number of anilines is 2. The van der Waals surface area contributed by atoms with Crippen LogP contribution in [0.3, 0.4) is 0 Å². The molecule has 0 saturated carbocycles. The van der Waals surface area contributed by atoms with Crippen molar-refractivity contribution in [2.45, 2.75) is 26.2 Å². The van der Waals surface area contributed by atoms with Crippen molar-refractivity contribution in [1.29, 1.82) is 0 Å². The third kappa shape index (κ3) is 4.16. The van der Waals surface area contributed by atoms with E-state index in [9.17, 15) is 4.79 Å². The Hall–Kier alpha value is -2.50. The Kier molecular flexibility index (Phi) is 5.55. The normalized spacial score (nSPS) is 14.5. The number of likely N-dealkylation sites (tertiary alicyclic amines) is 1. The number of hydrogen-bond donors (Lipinski definition) is 1. The second-order valence-corrected chi connectivity index (χ2v) is 7.62. The van der Waals surface area contributed by atoms with E-state index >= 15 is 0 Å². The molecule has 144 valence electrons. The molecule has 2 aromatic heterocycles. The molecule has 1 N–H and O–H groups in total. The first kappa shape index (κ1) is 18.8. The van der Waals surface area contributed by atoms with Crippen molar-refractivity contribution in [2.24, 2.45) is 0 Å². The summed E-state index contributed by atoms with van der Waals surface area (Å²) in [4.78, 5) is 23.4. The number of Topliss-reactive ketones (excluding diaryl/α,β-unsaturated/α-hetero) is 1. The van der Waals surface area contributed by atoms with E-state index in [0.29, 0.717) is 27.4 Å². The van der Waals surface area contributed by atoms with Crippen molar-refractivity contribution < 1.29 is 4.79 Å². The average molecular weight is 395 g/mol. The monoisotopic (exact) mass is 394 g/mol. The predicted octanol–water partition coefficient (Wildman–Crippen LogP) is 4.87. The van der Waals surface area contributed by atoms with Crippen LogP contribution in [0.15, 0.2) is 42.6 Å². The molecule has 0 atom stereocenters. The molecule has 4 rings (SSSR count). The van der Waals surface area contributed by atoms with Crippen LogP contribution in [0.1, 0.15) is 35.7 Å². The van der Waals surface area contributed by atoms with Gasteiger partial charge in [0.25, 0.3) is 0 Å². The Morgan fingerprint density at radius 3 is 2.82 bits per heavy atom. The number of halogens is 1. The summed E-state index contributed by atoms with van der Waals surface area (Å²) in [5.74, 6) is -0.0659. The van der Waals surface area contributed by atoms with E-state index in [2.05, 4.69) is 32.3 Å². The first-order valence-electron chi connectivity index (χ1n) is 9.65. The van der Waals surface area contributed by atoms with E-state index in [-0.39, 0.29) is 5.78 Å². The van der Waals surface area contributed by atoms with E-state index in [0.717, 1.165) is 18.7 Å². The smallest absolute Gasteiger partial charge is 0.163 e. The second kappa shape index (κ2) is 8.25. The lowest BCUT2D eigenvalue weighted by Crippen LogP contribution is -2.21. The van der Waals surface area contributed by atoms with Gasteiger partial charge in [-0.25, -0.2) is 4.98 Å². The van der Waals surface area contributed by atoms with Gasteiger partial charge in [0.2, 0.25) is 0 Å². The number of pyridine rings is 2. The summed E-state index contributed by atoms with van der Waals surface area (Å²) >= 11 is 6.10. The third-order valence-electron chi connectivity index (χ3n) is 5.17. The Labute approximate surface area is 169 Å². The number of aromatic nitrogens is 2. The summed E-state index contributed by atoms with van der Waals surface area (Å²) in [7, 11) is 0. The quantitative estimate of drug-likeness (QED) is 0.477. The van der Waals surface area contributed by atoms with Crippen LogP contribution < -0.4 is 5.32 Å². The molecular weight excluding hydrogens is 372 g/mol. The number of carbonyl (C=O) groups excluding carboxylic acids is 1. The summed E-state index contributed by atoms with van der Waals surface area (Å²) < 4.78 is 0. The third-order valence-corrected chi connectivity index (χ3v) is 5.38. The molecule has 0 radical (unpaired) electrons. The van der Waals surface area contributed by atoms with Gasteiger partial charge >= 0.3 is 0 Å². The van der Waals surface area contributed by atoms with Crippen molar-refractivity contribution in [3.05, 3.63) is 58.9 Å². The van der Waals surface area contributed by atoms with Crippen molar-refractivity contribution in [2.75, 3.05) is 25.0 Å². The van der Waals surface area contributed by atoms with Crippen LogP contribution in [0.5, 0.6) is 0 Å². The zero-order chi connectivity index (χ0) is 19.5. The lowest BCUT2D eigenvalue weighted by Gasteiger charge is -2.16. The number of fused-ring (bicyclic) bond motifs is 1.